The number of rotatable bonds is 5. The van der Waals surface area contributed by atoms with Crippen LogP contribution in [0.2, 0.25) is 0 Å². The van der Waals surface area contributed by atoms with Crippen LogP contribution in [0, 0.1) is 12.8 Å². The van der Waals surface area contributed by atoms with E-state index in [-0.39, 0.29) is 0 Å². The van der Waals surface area contributed by atoms with E-state index in [4.69, 9.17) is 4.74 Å². The summed E-state index contributed by atoms with van der Waals surface area (Å²) in [6.07, 6.45) is 0. The maximum Gasteiger partial charge on any atom is 0.0666 e. The maximum absolute atomic E-state index is 5.22. The molecule has 0 amide bonds. The molecule has 1 rings (SSSR count). The highest BCUT2D eigenvalue weighted by Crippen LogP contribution is 2.21. The summed E-state index contributed by atoms with van der Waals surface area (Å²) in [7, 11) is 1.74. The van der Waals surface area contributed by atoms with Gasteiger partial charge in [-0.15, -0.1) is 0 Å². The molecule has 0 aromatic heterocycles. The Labute approximate surface area is 107 Å². The van der Waals surface area contributed by atoms with E-state index in [9.17, 15) is 0 Å². The number of anilines is 1. The standard InChI is InChI=1S/C13H20BrNO/c1-9(2)13(8-16-4)15-12-6-10(3)5-11(14)7-12/h5-7,9,13,15H,8H2,1-4H3. The van der Waals surface area contributed by atoms with E-state index in [1.165, 1.54) is 5.56 Å². The van der Waals surface area contributed by atoms with Gasteiger partial charge in [0.05, 0.1) is 12.6 Å². The second kappa shape index (κ2) is 6.26. The van der Waals surface area contributed by atoms with Crippen molar-refractivity contribution in [1.29, 1.82) is 0 Å². The first-order valence-electron chi connectivity index (χ1n) is 5.55. The molecular weight excluding hydrogens is 266 g/mol. The highest BCUT2D eigenvalue weighted by atomic mass is 79.9. The van der Waals surface area contributed by atoms with Crippen molar-refractivity contribution in [2.24, 2.45) is 5.92 Å². The average molecular weight is 286 g/mol. The van der Waals surface area contributed by atoms with Crippen molar-refractivity contribution in [1.82, 2.24) is 0 Å². The van der Waals surface area contributed by atoms with Gasteiger partial charge in [-0.3, -0.25) is 0 Å². The Morgan fingerprint density at radius 2 is 2.00 bits per heavy atom. The molecule has 0 radical (unpaired) electrons. The first kappa shape index (κ1) is 13.5. The Kier molecular flexibility index (Phi) is 5.29. The topological polar surface area (TPSA) is 21.3 Å². The summed E-state index contributed by atoms with van der Waals surface area (Å²) in [4.78, 5) is 0. The van der Waals surface area contributed by atoms with Gasteiger partial charge in [0.15, 0.2) is 0 Å². The SMILES string of the molecule is COCC(Nc1cc(C)cc(Br)c1)C(C)C. The second-order valence-corrected chi connectivity index (χ2v) is 5.38. The zero-order chi connectivity index (χ0) is 12.1. The van der Waals surface area contributed by atoms with Crippen LogP contribution >= 0.6 is 15.9 Å². The quantitative estimate of drug-likeness (QED) is 0.888. The van der Waals surface area contributed by atoms with E-state index < -0.39 is 0 Å². The molecule has 0 aliphatic rings. The van der Waals surface area contributed by atoms with Crippen LogP contribution < -0.4 is 5.32 Å². The van der Waals surface area contributed by atoms with Gasteiger partial charge in [-0.25, -0.2) is 0 Å². The van der Waals surface area contributed by atoms with Crippen LogP contribution in [-0.4, -0.2) is 19.8 Å². The van der Waals surface area contributed by atoms with Gasteiger partial charge in [0.1, 0.15) is 0 Å². The van der Waals surface area contributed by atoms with Crippen molar-refractivity contribution in [3.8, 4) is 0 Å². The molecule has 1 N–H and O–H groups in total. The number of ether oxygens (including phenoxy) is 1. The first-order valence-corrected chi connectivity index (χ1v) is 6.35. The summed E-state index contributed by atoms with van der Waals surface area (Å²) in [5, 5.41) is 3.51. The van der Waals surface area contributed by atoms with Crippen LogP contribution in [0.3, 0.4) is 0 Å². The Balaban J connectivity index is 2.76. The van der Waals surface area contributed by atoms with Gasteiger partial charge in [0.25, 0.3) is 0 Å². The maximum atomic E-state index is 5.22. The summed E-state index contributed by atoms with van der Waals surface area (Å²) in [5.74, 6) is 0.541. The molecule has 0 aliphatic carbocycles. The zero-order valence-corrected chi connectivity index (χ0v) is 12.0. The molecular formula is C13H20BrNO. The normalized spacial score (nSPS) is 12.9. The van der Waals surface area contributed by atoms with Crippen molar-refractivity contribution in [3.05, 3.63) is 28.2 Å². The van der Waals surface area contributed by atoms with Crippen molar-refractivity contribution in [2.45, 2.75) is 26.8 Å². The summed E-state index contributed by atoms with van der Waals surface area (Å²) in [6.45, 7) is 7.21. The number of benzene rings is 1. The molecule has 0 bridgehead atoms. The number of methoxy groups -OCH3 is 1. The van der Waals surface area contributed by atoms with E-state index in [1.807, 2.05) is 0 Å². The number of hydrogen-bond donors (Lipinski definition) is 1. The molecule has 0 saturated heterocycles. The fourth-order valence-electron chi connectivity index (χ4n) is 1.61. The lowest BCUT2D eigenvalue weighted by molar-refractivity contribution is 0.171. The van der Waals surface area contributed by atoms with E-state index in [2.05, 4.69) is 60.2 Å². The number of halogens is 1. The third kappa shape index (κ3) is 4.14. The van der Waals surface area contributed by atoms with E-state index >= 15 is 0 Å². The summed E-state index contributed by atoms with van der Waals surface area (Å²) in [6, 6.07) is 6.69. The van der Waals surface area contributed by atoms with Crippen LogP contribution in [-0.2, 0) is 4.74 Å². The minimum atomic E-state index is 0.346. The Morgan fingerprint density at radius 3 is 2.50 bits per heavy atom. The van der Waals surface area contributed by atoms with Crippen LogP contribution in [0.4, 0.5) is 5.69 Å². The molecule has 16 heavy (non-hydrogen) atoms. The largest absolute Gasteiger partial charge is 0.383 e. The molecule has 3 heteroatoms. The van der Waals surface area contributed by atoms with Gasteiger partial charge in [-0.1, -0.05) is 29.8 Å². The lowest BCUT2D eigenvalue weighted by Gasteiger charge is -2.23. The Hall–Kier alpha value is -0.540. The molecule has 1 atom stereocenters. The van der Waals surface area contributed by atoms with Gasteiger partial charge in [-0.2, -0.15) is 0 Å². The second-order valence-electron chi connectivity index (χ2n) is 4.47. The van der Waals surface area contributed by atoms with E-state index in [1.54, 1.807) is 7.11 Å². The lowest BCUT2D eigenvalue weighted by atomic mass is 10.0. The smallest absolute Gasteiger partial charge is 0.0666 e. The lowest BCUT2D eigenvalue weighted by Crippen LogP contribution is -2.30. The summed E-state index contributed by atoms with van der Waals surface area (Å²) < 4.78 is 6.33. The monoisotopic (exact) mass is 285 g/mol. The highest BCUT2D eigenvalue weighted by Gasteiger charge is 2.12. The molecule has 1 aromatic rings. The van der Waals surface area contributed by atoms with Crippen molar-refractivity contribution in [3.63, 3.8) is 0 Å². The van der Waals surface area contributed by atoms with E-state index in [0.29, 0.717) is 12.0 Å². The van der Waals surface area contributed by atoms with Gasteiger partial charge >= 0.3 is 0 Å². The fraction of sp³-hybridized carbons (Fsp3) is 0.538. The van der Waals surface area contributed by atoms with Crippen LogP contribution in [0.25, 0.3) is 0 Å². The van der Waals surface area contributed by atoms with E-state index in [0.717, 1.165) is 16.8 Å². The van der Waals surface area contributed by atoms with Crippen molar-refractivity contribution in [2.75, 3.05) is 19.0 Å². The minimum absolute atomic E-state index is 0.346. The third-order valence-electron chi connectivity index (χ3n) is 2.55. The van der Waals surface area contributed by atoms with Gasteiger partial charge in [0.2, 0.25) is 0 Å². The van der Waals surface area contributed by atoms with Gasteiger partial charge < -0.3 is 10.1 Å². The van der Waals surface area contributed by atoms with Crippen LogP contribution in [0.5, 0.6) is 0 Å². The third-order valence-corrected chi connectivity index (χ3v) is 3.00. The van der Waals surface area contributed by atoms with Gasteiger partial charge in [0, 0.05) is 17.3 Å². The molecule has 0 heterocycles. The molecule has 1 aromatic carbocycles. The molecule has 90 valence electrons. The van der Waals surface area contributed by atoms with Gasteiger partial charge in [-0.05, 0) is 36.6 Å². The average Bonchev–Trinajstić information content (AvgIpc) is 2.15. The Morgan fingerprint density at radius 1 is 1.31 bits per heavy atom. The molecule has 2 nitrogen and oxygen atoms in total. The number of nitrogens with one attached hydrogen (secondary N) is 1. The predicted octanol–water partition coefficient (Wildman–Crippen LogP) is 3.84. The number of aryl methyl sites for hydroxylation is 1. The predicted molar refractivity (Wildman–Crippen MR) is 73.0 cm³/mol. The Bertz CT molecular complexity index is 318. The van der Waals surface area contributed by atoms with Crippen molar-refractivity contribution >= 4 is 21.6 Å². The molecule has 0 spiro atoms. The number of hydrogen-bond acceptors (Lipinski definition) is 2. The molecule has 1 unspecified atom stereocenters. The van der Waals surface area contributed by atoms with Crippen molar-refractivity contribution < 1.29 is 4.74 Å². The fourth-order valence-corrected chi connectivity index (χ4v) is 2.22. The highest BCUT2D eigenvalue weighted by molar-refractivity contribution is 9.10. The molecule has 0 fully saturated rings. The first-order chi connectivity index (χ1) is 7.52. The van der Waals surface area contributed by atoms with Crippen LogP contribution in [0.15, 0.2) is 22.7 Å². The summed E-state index contributed by atoms with van der Waals surface area (Å²) >= 11 is 3.51. The van der Waals surface area contributed by atoms with Crippen LogP contribution in [0.1, 0.15) is 19.4 Å². The molecule has 0 aliphatic heterocycles. The minimum Gasteiger partial charge on any atom is -0.383 e. The summed E-state index contributed by atoms with van der Waals surface area (Å²) in [5.41, 5.74) is 2.39. The zero-order valence-electron chi connectivity index (χ0n) is 10.4. The molecule has 0 saturated carbocycles.